The monoisotopic (exact) mass is 227 g/mol. The highest BCUT2D eigenvalue weighted by Gasteiger charge is 2.50. The predicted molar refractivity (Wildman–Crippen MR) is 60.1 cm³/mol. The van der Waals surface area contributed by atoms with E-state index >= 15 is 0 Å². The van der Waals surface area contributed by atoms with Gasteiger partial charge in [0.1, 0.15) is 5.60 Å². The van der Waals surface area contributed by atoms with Crippen molar-refractivity contribution in [3.63, 3.8) is 0 Å². The van der Waals surface area contributed by atoms with Crippen molar-refractivity contribution in [2.24, 2.45) is 5.41 Å². The Hall–Kier alpha value is -0.770. The summed E-state index contributed by atoms with van der Waals surface area (Å²) in [6.45, 7) is 7.12. The molecule has 16 heavy (non-hydrogen) atoms. The van der Waals surface area contributed by atoms with Gasteiger partial charge in [0.25, 0.3) is 0 Å². The average molecular weight is 227 g/mol. The lowest BCUT2D eigenvalue weighted by Crippen LogP contribution is -2.58. The van der Waals surface area contributed by atoms with E-state index in [-0.39, 0.29) is 17.6 Å². The fourth-order valence-electron chi connectivity index (χ4n) is 2.68. The molecular weight excluding hydrogens is 206 g/mol. The number of likely N-dealkylation sites (tertiary alicyclic amines) is 1. The fraction of sp³-hybridized carbons (Fsp3) is 0.917. The Morgan fingerprint density at radius 2 is 2.06 bits per heavy atom. The molecule has 1 saturated carbocycles. The molecule has 1 amide bonds. The smallest absolute Gasteiger partial charge is 0.410 e. The first kappa shape index (κ1) is 11.7. The molecule has 0 aromatic carbocycles. The van der Waals surface area contributed by atoms with Crippen LogP contribution >= 0.6 is 0 Å². The normalized spacial score (nSPS) is 28.0. The van der Waals surface area contributed by atoms with E-state index in [1.54, 1.807) is 4.90 Å². The Balaban J connectivity index is 1.82. The molecule has 0 aromatic heterocycles. The number of hydrogen-bond donors (Lipinski definition) is 1. The molecule has 1 spiro atoms. The van der Waals surface area contributed by atoms with Gasteiger partial charge in [-0.05, 0) is 40.0 Å². The second-order valence-corrected chi connectivity index (χ2v) is 6.23. The van der Waals surface area contributed by atoms with Gasteiger partial charge in [-0.15, -0.1) is 0 Å². The molecule has 1 atom stereocenters. The van der Waals surface area contributed by atoms with Crippen LogP contribution in [0, 0.1) is 5.41 Å². The summed E-state index contributed by atoms with van der Waals surface area (Å²) in [6, 6.07) is 0. The maximum atomic E-state index is 11.7. The van der Waals surface area contributed by atoms with Crippen LogP contribution < -0.4 is 0 Å². The average Bonchev–Trinajstić information content (AvgIpc) is 2.41. The third-order valence-corrected chi connectivity index (χ3v) is 3.38. The van der Waals surface area contributed by atoms with Gasteiger partial charge in [-0.1, -0.05) is 0 Å². The van der Waals surface area contributed by atoms with Gasteiger partial charge in [0.15, 0.2) is 0 Å². The maximum absolute atomic E-state index is 11.7. The van der Waals surface area contributed by atoms with Crippen LogP contribution in [-0.4, -0.2) is 40.9 Å². The zero-order valence-corrected chi connectivity index (χ0v) is 10.3. The highest BCUT2D eigenvalue weighted by atomic mass is 16.6. The number of nitrogens with zero attached hydrogens (tertiary/aromatic N) is 1. The Labute approximate surface area is 96.6 Å². The van der Waals surface area contributed by atoms with E-state index in [4.69, 9.17) is 4.74 Å². The molecule has 0 bridgehead atoms. The van der Waals surface area contributed by atoms with Gasteiger partial charge >= 0.3 is 6.09 Å². The minimum Gasteiger partial charge on any atom is -0.444 e. The van der Waals surface area contributed by atoms with Crippen molar-refractivity contribution < 1.29 is 14.6 Å². The summed E-state index contributed by atoms with van der Waals surface area (Å²) >= 11 is 0. The Morgan fingerprint density at radius 3 is 2.50 bits per heavy atom. The molecule has 1 N–H and O–H groups in total. The van der Waals surface area contributed by atoms with E-state index in [0.717, 1.165) is 32.4 Å². The van der Waals surface area contributed by atoms with Crippen LogP contribution in [0.2, 0.25) is 0 Å². The van der Waals surface area contributed by atoms with Crippen molar-refractivity contribution in [3.8, 4) is 0 Å². The standard InChI is InChI=1S/C12H21NO3/c1-11(2,3)16-10(15)13-7-12(8-13)5-4-9(14)6-12/h9,14H,4-8H2,1-3H3/t9-/m1/s1. The van der Waals surface area contributed by atoms with Crippen LogP contribution in [0.5, 0.6) is 0 Å². The molecule has 2 fully saturated rings. The Morgan fingerprint density at radius 1 is 1.44 bits per heavy atom. The highest BCUT2D eigenvalue weighted by molar-refractivity contribution is 5.69. The SMILES string of the molecule is CC(C)(C)OC(=O)N1CC2(CC[C@@H](O)C2)C1. The van der Waals surface area contributed by atoms with Crippen LogP contribution in [0.15, 0.2) is 0 Å². The van der Waals surface area contributed by atoms with Gasteiger partial charge in [0.05, 0.1) is 6.10 Å². The summed E-state index contributed by atoms with van der Waals surface area (Å²) in [6.07, 6.45) is 2.36. The predicted octanol–water partition coefficient (Wildman–Crippen LogP) is 1.77. The highest BCUT2D eigenvalue weighted by Crippen LogP contribution is 2.45. The van der Waals surface area contributed by atoms with Crippen molar-refractivity contribution in [1.82, 2.24) is 4.90 Å². The van der Waals surface area contributed by atoms with Crippen molar-refractivity contribution >= 4 is 6.09 Å². The number of amides is 1. The molecule has 4 heteroatoms. The van der Waals surface area contributed by atoms with Gasteiger partial charge < -0.3 is 14.7 Å². The van der Waals surface area contributed by atoms with Gasteiger partial charge in [0.2, 0.25) is 0 Å². The minimum absolute atomic E-state index is 0.166. The molecule has 0 radical (unpaired) electrons. The van der Waals surface area contributed by atoms with Crippen LogP contribution in [0.4, 0.5) is 4.79 Å². The zero-order chi connectivity index (χ0) is 12.0. The first-order valence-corrected chi connectivity index (χ1v) is 5.96. The van der Waals surface area contributed by atoms with Crippen molar-refractivity contribution in [3.05, 3.63) is 0 Å². The molecule has 1 saturated heterocycles. The van der Waals surface area contributed by atoms with Gasteiger partial charge in [-0.2, -0.15) is 0 Å². The number of ether oxygens (including phenoxy) is 1. The van der Waals surface area contributed by atoms with Crippen LogP contribution in [-0.2, 0) is 4.74 Å². The first-order chi connectivity index (χ1) is 7.30. The Bertz CT molecular complexity index is 289. The molecule has 4 nitrogen and oxygen atoms in total. The van der Waals surface area contributed by atoms with Gasteiger partial charge in [0, 0.05) is 18.5 Å². The first-order valence-electron chi connectivity index (χ1n) is 5.96. The van der Waals surface area contributed by atoms with Crippen LogP contribution in [0.25, 0.3) is 0 Å². The molecule has 1 heterocycles. The summed E-state index contributed by atoms with van der Waals surface area (Å²) in [5.74, 6) is 0. The zero-order valence-electron chi connectivity index (χ0n) is 10.3. The van der Waals surface area contributed by atoms with Crippen molar-refractivity contribution in [2.75, 3.05) is 13.1 Å². The molecule has 92 valence electrons. The molecule has 0 aromatic rings. The molecular formula is C12H21NO3. The van der Waals surface area contributed by atoms with Crippen molar-refractivity contribution in [2.45, 2.75) is 51.7 Å². The summed E-state index contributed by atoms with van der Waals surface area (Å²) < 4.78 is 5.30. The van der Waals surface area contributed by atoms with Gasteiger partial charge in [-0.25, -0.2) is 4.79 Å². The molecule has 1 aliphatic carbocycles. The van der Waals surface area contributed by atoms with E-state index in [0.29, 0.717) is 0 Å². The summed E-state index contributed by atoms with van der Waals surface area (Å²) in [4.78, 5) is 13.4. The number of rotatable bonds is 0. The van der Waals surface area contributed by atoms with E-state index in [1.807, 2.05) is 20.8 Å². The largest absolute Gasteiger partial charge is 0.444 e. The molecule has 1 aliphatic heterocycles. The maximum Gasteiger partial charge on any atom is 0.410 e. The lowest BCUT2D eigenvalue weighted by atomic mass is 9.78. The fourth-order valence-corrected chi connectivity index (χ4v) is 2.68. The third kappa shape index (κ3) is 2.32. The molecule has 2 rings (SSSR count). The third-order valence-electron chi connectivity index (χ3n) is 3.38. The lowest BCUT2D eigenvalue weighted by Gasteiger charge is -2.48. The second-order valence-electron chi connectivity index (χ2n) is 6.23. The van der Waals surface area contributed by atoms with E-state index < -0.39 is 5.60 Å². The van der Waals surface area contributed by atoms with E-state index in [9.17, 15) is 9.90 Å². The van der Waals surface area contributed by atoms with Gasteiger partial charge in [-0.3, -0.25) is 0 Å². The number of aliphatic hydroxyl groups is 1. The number of aliphatic hydroxyl groups excluding tert-OH is 1. The topological polar surface area (TPSA) is 49.8 Å². The Kier molecular flexibility index (Phi) is 2.65. The van der Waals surface area contributed by atoms with E-state index in [2.05, 4.69) is 0 Å². The van der Waals surface area contributed by atoms with Crippen LogP contribution in [0.1, 0.15) is 40.0 Å². The molecule has 2 aliphatic rings. The van der Waals surface area contributed by atoms with Crippen molar-refractivity contribution in [1.29, 1.82) is 0 Å². The van der Waals surface area contributed by atoms with Crippen LogP contribution in [0.3, 0.4) is 0 Å². The summed E-state index contributed by atoms with van der Waals surface area (Å²) in [5.41, 5.74) is -0.231. The quantitative estimate of drug-likeness (QED) is 0.686. The molecule has 0 unspecified atom stereocenters. The summed E-state index contributed by atoms with van der Waals surface area (Å²) in [7, 11) is 0. The number of hydrogen-bond acceptors (Lipinski definition) is 3. The minimum atomic E-state index is -0.422. The lowest BCUT2D eigenvalue weighted by molar-refractivity contribution is -0.0358. The second kappa shape index (κ2) is 3.62. The number of carbonyl (C=O) groups is 1. The van der Waals surface area contributed by atoms with E-state index in [1.165, 1.54) is 0 Å². The number of carbonyl (C=O) groups excluding carboxylic acids is 1. The summed E-state index contributed by atoms with van der Waals surface area (Å²) in [5, 5.41) is 9.51.